The third kappa shape index (κ3) is 3.87. The second kappa shape index (κ2) is 6.02. The highest BCUT2D eigenvalue weighted by atomic mass is 19.4. The summed E-state index contributed by atoms with van der Waals surface area (Å²) in [5, 5.41) is 2.70. The molecule has 0 saturated carbocycles. The van der Waals surface area contributed by atoms with E-state index in [0.29, 0.717) is 12.1 Å². The number of aromatic nitrogens is 2. The first-order valence-corrected chi connectivity index (χ1v) is 6.42. The average molecular weight is 301 g/mol. The minimum absolute atomic E-state index is 0.252. The maximum Gasteiger partial charge on any atom is 0.573 e. The molecule has 1 heterocycles. The number of amides is 1. The summed E-state index contributed by atoms with van der Waals surface area (Å²) in [6, 6.07) is 3.28. The van der Waals surface area contributed by atoms with Crippen molar-refractivity contribution in [1.29, 1.82) is 0 Å². The molecule has 0 saturated heterocycles. The number of imidazole rings is 1. The first-order valence-electron chi connectivity index (χ1n) is 6.42. The number of carbonyl (C=O) groups excluding carboxylic acids is 1. The van der Waals surface area contributed by atoms with Gasteiger partial charge in [0.1, 0.15) is 12.1 Å². The second-order valence-corrected chi connectivity index (χ2v) is 4.40. The molecule has 2 aromatic rings. The van der Waals surface area contributed by atoms with Crippen LogP contribution in [0.15, 0.2) is 24.5 Å². The lowest BCUT2D eigenvalue weighted by Crippen LogP contribution is -2.28. The van der Waals surface area contributed by atoms with Crippen LogP contribution in [0.3, 0.4) is 0 Å². The van der Waals surface area contributed by atoms with E-state index < -0.39 is 6.36 Å². The molecule has 2 rings (SSSR count). The number of halogens is 3. The van der Waals surface area contributed by atoms with E-state index in [1.807, 2.05) is 6.92 Å². The summed E-state index contributed by atoms with van der Waals surface area (Å²) in [7, 11) is 0. The Bertz CT molecular complexity index is 637. The van der Waals surface area contributed by atoms with Crippen LogP contribution < -0.4 is 10.1 Å². The van der Waals surface area contributed by atoms with Gasteiger partial charge >= 0.3 is 12.4 Å². The molecular formula is C13H14F3N3O2. The van der Waals surface area contributed by atoms with Gasteiger partial charge in [0.15, 0.2) is 0 Å². The molecule has 1 N–H and O–H groups in total. The van der Waals surface area contributed by atoms with Crippen LogP contribution in [0, 0.1) is 0 Å². The van der Waals surface area contributed by atoms with Gasteiger partial charge in [0.05, 0.1) is 11.0 Å². The molecule has 0 aliphatic rings. The Morgan fingerprint density at radius 3 is 2.86 bits per heavy atom. The zero-order valence-electron chi connectivity index (χ0n) is 11.3. The smallest absolute Gasteiger partial charge is 0.406 e. The lowest BCUT2D eigenvalue weighted by Gasteiger charge is -2.09. The first kappa shape index (κ1) is 15.1. The molecule has 21 heavy (non-hydrogen) atoms. The van der Waals surface area contributed by atoms with Crippen LogP contribution in [0.2, 0.25) is 0 Å². The largest absolute Gasteiger partial charge is 0.573 e. The van der Waals surface area contributed by atoms with Crippen LogP contribution in [-0.2, 0) is 0 Å². The second-order valence-electron chi connectivity index (χ2n) is 4.40. The molecule has 0 aliphatic heterocycles. The molecular weight excluding hydrogens is 287 g/mol. The van der Waals surface area contributed by atoms with Crippen LogP contribution in [-0.4, -0.2) is 28.5 Å². The molecule has 114 valence electrons. The number of hydrogen-bond donors (Lipinski definition) is 1. The molecule has 1 amide bonds. The molecule has 0 aliphatic carbocycles. The minimum atomic E-state index is -4.76. The third-order valence-electron chi connectivity index (χ3n) is 2.78. The Balaban J connectivity index is 2.19. The van der Waals surface area contributed by atoms with Gasteiger partial charge in [-0.25, -0.2) is 9.78 Å². The lowest BCUT2D eigenvalue weighted by molar-refractivity contribution is -0.274. The molecule has 5 nitrogen and oxygen atoms in total. The van der Waals surface area contributed by atoms with Crippen molar-refractivity contribution < 1.29 is 22.7 Å². The van der Waals surface area contributed by atoms with Gasteiger partial charge < -0.3 is 10.1 Å². The highest BCUT2D eigenvalue weighted by Gasteiger charge is 2.31. The number of benzene rings is 1. The number of carbonyl (C=O) groups is 1. The summed E-state index contributed by atoms with van der Waals surface area (Å²) < 4.78 is 41.5. The Morgan fingerprint density at radius 2 is 2.19 bits per heavy atom. The van der Waals surface area contributed by atoms with E-state index in [2.05, 4.69) is 15.0 Å². The van der Waals surface area contributed by atoms with Crippen molar-refractivity contribution in [2.24, 2.45) is 0 Å². The zero-order chi connectivity index (χ0) is 15.5. The van der Waals surface area contributed by atoms with E-state index >= 15 is 0 Å². The van der Waals surface area contributed by atoms with Gasteiger partial charge in [0, 0.05) is 12.6 Å². The number of ether oxygens (including phenoxy) is 1. The van der Waals surface area contributed by atoms with Gasteiger partial charge in [-0.1, -0.05) is 13.3 Å². The highest BCUT2D eigenvalue weighted by Crippen LogP contribution is 2.25. The molecule has 8 heteroatoms. The number of nitrogens with one attached hydrogen (secondary N) is 1. The summed E-state index contributed by atoms with van der Waals surface area (Å²) in [4.78, 5) is 15.8. The molecule has 1 aromatic carbocycles. The fraction of sp³-hybridized carbons (Fsp3) is 0.385. The number of nitrogens with zero attached hydrogens (tertiary/aromatic N) is 2. The highest BCUT2D eigenvalue weighted by molar-refractivity contribution is 5.89. The normalized spacial score (nSPS) is 11.6. The molecule has 0 radical (unpaired) electrons. The minimum Gasteiger partial charge on any atom is -0.406 e. The lowest BCUT2D eigenvalue weighted by atomic mass is 10.3. The van der Waals surface area contributed by atoms with E-state index in [9.17, 15) is 18.0 Å². The van der Waals surface area contributed by atoms with Gasteiger partial charge in [0.25, 0.3) is 0 Å². The number of alkyl halides is 3. The van der Waals surface area contributed by atoms with E-state index in [1.165, 1.54) is 17.0 Å². The number of hydrogen-bond acceptors (Lipinski definition) is 3. The van der Waals surface area contributed by atoms with Crippen molar-refractivity contribution in [2.75, 3.05) is 6.54 Å². The average Bonchev–Trinajstić information content (AvgIpc) is 2.80. The fourth-order valence-electron chi connectivity index (χ4n) is 1.81. The van der Waals surface area contributed by atoms with Gasteiger partial charge in [-0.3, -0.25) is 4.57 Å². The molecule has 0 atom stereocenters. The van der Waals surface area contributed by atoms with Crippen LogP contribution in [0.1, 0.15) is 19.8 Å². The van der Waals surface area contributed by atoms with Crippen molar-refractivity contribution in [1.82, 2.24) is 14.9 Å². The Morgan fingerprint density at radius 1 is 1.43 bits per heavy atom. The van der Waals surface area contributed by atoms with E-state index in [-0.39, 0.29) is 17.3 Å². The summed E-state index contributed by atoms with van der Waals surface area (Å²) >= 11 is 0. The van der Waals surface area contributed by atoms with Crippen molar-refractivity contribution in [3.05, 3.63) is 24.5 Å². The van der Waals surface area contributed by atoms with Crippen molar-refractivity contribution in [3.63, 3.8) is 0 Å². The van der Waals surface area contributed by atoms with Gasteiger partial charge in [-0.15, -0.1) is 13.2 Å². The van der Waals surface area contributed by atoms with E-state index in [0.717, 1.165) is 25.0 Å². The molecule has 0 spiro atoms. The standard InChI is InChI=1S/C13H14F3N3O2/c1-2-3-6-17-12(20)19-8-18-10-7-9(4-5-11(10)19)21-13(14,15)16/h4-5,7-8H,2-3,6H2,1H3,(H,17,20). The topological polar surface area (TPSA) is 56.2 Å². The van der Waals surface area contributed by atoms with Gasteiger partial charge in [-0.2, -0.15) is 0 Å². The van der Waals surface area contributed by atoms with Gasteiger partial charge in [-0.05, 0) is 18.6 Å². The van der Waals surface area contributed by atoms with Crippen molar-refractivity contribution >= 4 is 17.1 Å². The predicted molar refractivity (Wildman–Crippen MR) is 70.1 cm³/mol. The quantitative estimate of drug-likeness (QED) is 0.882. The third-order valence-corrected chi connectivity index (χ3v) is 2.78. The van der Waals surface area contributed by atoms with Crippen molar-refractivity contribution in [3.8, 4) is 5.75 Å². The molecule has 1 aromatic heterocycles. The summed E-state index contributed by atoms with van der Waals surface area (Å²) in [6.45, 7) is 2.53. The molecule has 0 fully saturated rings. The maximum absolute atomic E-state index is 12.1. The molecule has 0 unspecified atom stereocenters. The van der Waals surface area contributed by atoms with Crippen molar-refractivity contribution in [2.45, 2.75) is 26.1 Å². The van der Waals surface area contributed by atoms with Gasteiger partial charge in [0.2, 0.25) is 0 Å². The van der Waals surface area contributed by atoms with Crippen LogP contribution >= 0.6 is 0 Å². The Kier molecular flexibility index (Phi) is 4.35. The predicted octanol–water partition coefficient (Wildman–Crippen LogP) is 3.29. The summed E-state index contributed by atoms with van der Waals surface area (Å²) in [6.07, 6.45) is -1.69. The monoisotopic (exact) mass is 301 g/mol. The summed E-state index contributed by atoms with van der Waals surface area (Å²) in [5.41, 5.74) is 0.668. The van der Waals surface area contributed by atoms with Crippen LogP contribution in [0.5, 0.6) is 5.75 Å². The Labute approximate surface area is 118 Å². The fourth-order valence-corrected chi connectivity index (χ4v) is 1.81. The maximum atomic E-state index is 12.1. The number of unbranched alkanes of at least 4 members (excludes halogenated alkanes) is 1. The number of rotatable bonds is 4. The SMILES string of the molecule is CCCCNC(=O)n1cnc2cc(OC(F)(F)F)ccc21. The number of fused-ring (bicyclic) bond motifs is 1. The first-order chi connectivity index (χ1) is 9.90. The van der Waals surface area contributed by atoms with E-state index in [1.54, 1.807) is 0 Å². The summed E-state index contributed by atoms with van der Waals surface area (Å²) in [5.74, 6) is -0.369. The zero-order valence-corrected chi connectivity index (χ0v) is 11.3. The molecule has 0 bridgehead atoms. The van der Waals surface area contributed by atoms with Crippen LogP contribution in [0.4, 0.5) is 18.0 Å². The van der Waals surface area contributed by atoms with Crippen LogP contribution in [0.25, 0.3) is 11.0 Å². The van der Waals surface area contributed by atoms with E-state index in [4.69, 9.17) is 0 Å². The Hall–Kier alpha value is -2.25.